The summed E-state index contributed by atoms with van der Waals surface area (Å²) in [6.07, 6.45) is 1.55. The molecule has 0 radical (unpaired) electrons. The number of methoxy groups -OCH3 is 2. The van der Waals surface area contributed by atoms with Gasteiger partial charge in [-0.15, -0.1) is 0 Å². The Bertz CT molecular complexity index is 1180. The molecular formula is C23H21ClN2O7S. The summed E-state index contributed by atoms with van der Waals surface area (Å²) in [5, 5.41) is 2.13. The SMILES string of the molecule is CCOc1cc(/C=C2/SC(=O)N(CC(=O)Nc3ccc(Cl)c(C(=O)OC)c3)C2=O)ccc1OC. The van der Waals surface area contributed by atoms with Crippen molar-refractivity contribution in [3.8, 4) is 11.5 Å². The number of nitrogens with zero attached hydrogens (tertiary/aromatic N) is 1. The Morgan fingerprint density at radius 3 is 2.56 bits per heavy atom. The zero-order chi connectivity index (χ0) is 24.8. The zero-order valence-electron chi connectivity index (χ0n) is 18.5. The van der Waals surface area contributed by atoms with Gasteiger partial charge in [0.05, 0.1) is 36.3 Å². The van der Waals surface area contributed by atoms with Crippen LogP contribution >= 0.6 is 23.4 Å². The van der Waals surface area contributed by atoms with E-state index in [1.807, 2.05) is 6.92 Å². The molecule has 3 rings (SSSR count). The summed E-state index contributed by atoms with van der Waals surface area (Å²) in [4.78, 5) is 50.4. The molecule has 2 aromatic carbocycles. The predicted octanol–water partition coefficient (Wildman–Crippen LogP) is 4.21. The second kappa shape index (κ2) is 11.1. The Kier molecular flexibility index (Phi) is 8.19. The largest absolute Gasteiger partial charge is 0.493 e. The molecule has 1 saturated heterocycles. The van der Waals surface area contributed by atoms with Gasteiger partial charge >= 0.3 is 5.97 Å². The molecule has 1 fully saturated rings. The molecule has 11 heteroatoms. The summed E-state index contributed by atoms with van der Waals surface area (Å²) < 4.78 is 15.4. The van der Waals surface area contributed by atoms with E-state index in [4.69, 9.17) is 21.1 Å². The van der Waals surface area contributed by atoms with Crippen LogP contribution in [0.5, 0.6) is 11.5 Å². The van der Waals surface area contributed by atoms with Gasteiger partial charge in [0.2, 0.25) is 5.91 Å². The standard InChI is InChI=1S/C23H21ClN2O7S/c1-4-33-18-9-13(5-8-17(18)31-2)10-19-21(28)26(23(30)34-19)12-20(27)25-14-6-7-16(24)15(11-14)22(29)32-3/h5-11H,4,12H2,1-3H3,(H,25,27)/b19-10+. The molecule has 9 nitrogen and oxygen atoms in total. The van der Waals surface area contributed by atoms with E-state index in [2.05, 4.69) is 10.1 Å². The lowest BCUT2D eigenvalue weighted by Crippen LogP contribution is -2.36. The number of hydrogen-bond donors (Lipinski definition) is 1. The van der Waals surface area contributed by atoms with Crippen LogP contribution in [-0.2, 0) is 14.3 Å². The third-order valence-electron chi connectivity index (χ3n) is 4.62. The van der Waals surface area contributed by atoms with Crippen molar-refractivity contribution in [3.05, 3.63) is 57.5 Å². The van der Waals surface area contributed by atoms with Gasteiger partial charge in [0.25, 0.3) is 11.1 Å². The number of carbonyl (C=O) groups excluding carboxylic acids is 4. The van der Waals surface area contributed by atoms with Crippen LogP contribution in [0.1, 0.15) is 22.8 Å². The van der Waals surface area contributed by atoms with Gasteiger partial charge in [-0.05, 0) is 60.7 Å². The molecule has 1 N–H and O–H groups in total. The number of thioether (sulfide) groups is 1. The number of halogens is 1. The van der Waals surface area contributed by atoms with Gasteiger partial charge in [-0.1, -0.05) is 17.7 Å². The van der Waals surface area contributed by atoms with Crippen LogP contribution in [0.15, 0.2) is 41.3 Å². The molecule has 0 saturated carbocycles. The molecule has 0 atom stereocenters. The van der Waals surface area contributed by atoms with Crippen molar-refractivity contribution in [2.75, 3.05) is 32.7 Å². The quantitative estimate of drug-likeness (QED) is 0.420. The highest BCUT2D eigenvalue weighted by molar-refractivity contribution is 8.18. The normalized spacial score (nSPS) is 14.4. The van der Waals surface area contributed by atoms with Gasteiger partial charge < -0.3 is 19.5 Å². The summed E-state index contributed by atoms with van der Waals surface area (Å²) in [5.41, 5.74) is 0.969. The third kappa shape index (κ3) is 5.70. The van der Waals surface area contributed by atoms with Crippen molar-refractivity contribution < 1.29 is 33.4 Å². The number of benzene rings is 2. The Balaban J connectivity index is 1.72. The number of hydrogen-bond acceptors (Lipinski definition) is 8. The maximum Gasteiger partial charge on any atom is 0.339 e. The smallest absolute Gasteiger partial charge is 0.339 e. The van der Waals surface area contributed by atoms with Crippen molar-refractivity contribution in [2.24, 2.45) is 0 Å². The van der Waals surface area contributed by atoms with Crippen LogP contribution in [0.2, 0.25) is 5.02 Å². The molecule has 2 aromatic rings. The number of amides is 3. The molecule has 0 bridgehead atoms. The van der Waals surface area contributed by atoms with E-state index in [9.17, 15) is 19.2 Å². The van der Waals surface area contributed by atoms with Crippen molar-refractivity contribution in [1.82, 2.24) is 4.90 Å². The van der Waals surface area contributed by atoms with E-state index in [1.54, 1.807) is 24.3 Å². The van der Waals surface area contributed by atoms with E-state index in [0.29, 0.717) is 23.7 Å². The van der Waals surface area contributed by atoms with Gasteiger partial charge in [0.1, 0.15) is 6.54 Å². The van der Waals surface area contributed by atoms with Gasteiger partial charge in [-0.2, -0.15) is 0 Å². The number of rotatable bonds is 8. The van der Waals surface area contributed by atoms with E-state index in [-0.39, 0.29) is 21.2 Å². The minimum Gasteiger partial charge on any atom is -0.493 e. The molecule has 178 valence electrons. The zero-order valence-corrected chi connectivity index (χ0v) is 20.1. The van der Waals surface area contributed by atoms with Gasteiger partial charge in [-0.25, -0.2) is 4.79 Å². The molecule has 0 unspecified atom stereocenters. The van der Waals surface area contributed by atoms with Crippen molar-refractivity contribution in [1.29, 1.82) is 0 Å². The molecule has 34 heavy (non-hydrogen) atoms. The molecule has 3 amide bonds. The van der Waals surface area contributed by atoms with E-state index >= 15 is 0 Å². The fraction of sp³-hybridized carbons (Fsp3) is 0.217. The molecule has 1 aliphatic rings. The van der Waals surface area contributed by atoms with Crippen LogP contribution in [0.4, 0.5) is 10.5 Å². The Hall–Kier alpha value is -3.50. The molecular weight excluding hydrogens is 484 g/mol. The van der Waals surface area contributed by atoms with E-state index in [0.717, 1.165) is 16.7 Å². The van der Waals surface area contributed by atoms with Gasteiger partial charge in [0.15, 0.2) is 11.5 Å². The maximum absolute atomic E-state index is 12.8. The number of anilines is 1. The van der Waals surface area contributed by atoms with Crippen molar-refractivity contribution >= 4 is 58.1 Å². The molecule has 0 aliphatic carbocycles. The highest BCUT2D eigenvalue weighted by Gasteiger charge is 2.36. The average Bonchev–Trinajstić information content (AvgIpc) is 3.07. The average molecular weight is 505 g/mol. The fourth-order valence-corrected chi connectivity index (χ4v) is 4.09. The van der Waals surface area contributed by atoms with Crippen LogP contribution in [0.25, 0.3) is 6.08 Å². The van der Waals surface area contributed by atoms with Crippen molar-refractivity contribution in [2.45, 2.75) is 6.92 Å². The highest BCUT2D eigenvalue weighted by Crippen LogP contribution is 2.34. The lowest BCUT2D eigenvalue weighted by molar-refractivity contribution is -0.127. The van der Waals surface area contributed by atoms with Gasteiger partial charge in [-0.3, -0.25) is 19.3 Å². The summed E-state index contributed by atoms with van der Waals surface area (Å²) in [6, 6.07) is 9.38. The highest BCUT2D eigenvalue weighted by atomic mass is 35.5. The Morgan fingerprint density at radius 1 is 1.12 bits per heavy atom. The number of esters is 1. The van der Waals surface area contributed by atoms with Crippen LogP contribution in [0, 0.1) is 0 Å². The first kappa shape index (κ1) is 25.1. The van der Waals surface area contributed by atoms with Crippen LogP contribution < -0.4 is 14.8 Å². The minimum absolute atomic E-state index is 0.0713. The molecule has 0 spiro atoms. The lowest BCUT2D eigenvalue weighted by Gasteiger charge is -2.13. The summed E-state index contributed by atoms with van der Waals surface area (Å²) in [5.74, 6) is -0.828. The first-order valence-electron chi connectivity index (χ1n) is 10.0. The topological polar surface area (TPSA) is 111 Å². The Labute approximate surface area is 205 Å². The fourth-order valence-electron chi connectivity index (χ4n) is 3.05. The number of carbonyl (C=O) groups is 4. The number of nitrogens with one attached hydrogen (secondary N) is 1. The first-order chi connectivity index (χ1) is 16.3. The molecule has 1 heterocycles. The van der Waals surface area contributed by atoms with Crippen molar-refractivity contribution in [3.63, 3.8) is 0 Å². The summed E-state index contributed by atoms with van der Waals surface area (Å²) in [7, 11) is 2.73. The van der Waals surface area contributed by atoms with E-state index in [1.165, 1.54) is 32.4 Å². The summed E-state index contributed by atoms with van der Waals surface area (Å²) >= 11 is 6.71. The second-order valence-corrected chi connectivity index (χ2v) is 8.25. The minimum atomic E-state index is -0.664. The van der Waals surface area contributed by atoms with E-state index < -0.39 is 29.6 Å². The second-order valence-electron chi connectivity index (χ2n) is 6.85. The first-order valence-corrected chi connectivity index (χ1v) is 11.2. The number of imide groups is 1. The van der Waals surface area contributed by atoms with Gasteiger partial charge in [0, 0.05) is 5.69 Å². The van der Waals surface area contributed by atoms with Crippen LogP contribution in [-0.4, -0.2) is 55.3 Å². The predicted molar refractivity (Wildman–Crippen MR) is 128 cm³/mol. The third-order valence-corrected chi connectivity index (χ3v) is 5.85. The van der Waals surface area contributed by atoms with Crippen LogP contribution in [0.3, 0.4) is 0 Å². The lowest BCUT2D eigenvalue weighted by atomic mass is 10.2. The monoisotopic (exact) mass is 504 g/mol. The Morgan fingerprint density at radius 2 is 1.88 bits per heavy atom. The molecule has 1 aliphatic heterocycles. The summed E-state index contributed by atoms with van der Waals surface area (Å²) in [6.45, 7) is 1.77. The molecule has 0 aromatic heterocycles. The maximum atomic E-state index is 12.8. The number of ether oxygens (including phenoxy) is 3.